The van der Waals surface area contributed by atoms with Gasteiger partial charge < -0.3 is 15.7 Å². The van der Waals surface area contributed by atoms with Crippen molar-refractivity contribution in [3.8, 4) is 11.1 Å². The average Bonchev–Trinajstić information content (AvgIpc) is 2.71. The van der Waals surface area contributed by atoms with Crippen LogP contribution in [0.2, 0.25) is 0 Å². The number of benzene rings is 2. The highest BCUT2D eigenvalue weighted by molar-refractivity contribution is 7.61. The van der Waals surface area contributed by atoms with Crippen molar-refractivity contribution in [2.24, 2.45) is 5.73 Å². The molecule has 2 aromatic carbocycles. The normalized spacial score (nSPS) is 25.0. The van der Waals surface area contributed by atoms with Gasteiger partial charge in [0.1, 0.15) is 0 Å². The van der Waals surface area contributed by atoms with Gasteiger partial charge in [-0.1, -0.05) is 61.0 Å². The zero-order valence-corrected chi connectivity index (χ0v) is 17.4. The lowest BCUT2D eigenvalue weighted by molar-refractivity contribution is -0.141. The number of carboxylic acids is 1. The third-order valence-electron chi connectivity index (χ3n) is 5.78. The summed E-state index contributed by atoms with van der Waals surface area (Å²) in [5.74, 6) is -1.18. The summed E-state index contributed by atoms with van der Waals surface area (Å²) in [4.78, 5) is 24.6. The molecule has 2 atom stereocenters. The molecule has 0 saturated carbocycles. The number of carboxylic acid groups (broad SMARTS) is 1. The Balaban J connectivity index is 1.74. The number of hydrogen-bond acceptors (Lipinski definition) is 4. The Morgan fingerprint density at radius 2 is 1.72 bits per heavy atom. The largest absolute Gasteiger partial charge is 0.480 e. The fourth-order valence-corrected chi connectivity index (χ4v) is 6.23. The molecule has 0 aromatic heterocycles. The van der Waals surface area contributed by atoms with Crippen LogP contribution in [0.5, 0.6) is 0 Å². The van der Waals surface area contributed by atoms with E-state index >= 15 is 0 Å². The first kappa shape index (κ1) is 21.7. The van der Waals surface area contributed by atoms with E-state index in [4.69, 9.17) is 5.73 Å². The summed E-state index contributed by atoms with van der Waals surface area (Å²) in [6, 6.07) is 18.3. The van der Waals surface area contributed by atoms with Gasteiger partial charge in [0.05, 0.1) is 0 Å². The van der Waals surface area contributed by atoms with Gasteiger partial charge in [-0.2, -0.15) is 0 Å². The Bertz CT molecular complexity index is 872. The van der Waals surface area contributed by atoms with Crippen molar-refractivity contribution in [2.75, 3.05) is 25.8 Å². The highest BCUT2D eigenvalue weighted by atomic mass is 31.2. The first-order valence-corrected chi connectivity index (χ1v) is 11.8. The maximum atomic E-state index is 12.8. The first-order valence-electron chi connectivity index (χ1n) is 10.00. The van der Waals surface area contributed by atoms with Crippen LogP contribution in [-0.4, -0.2) is 51.8 Å². The van der Waals surface area contributed by atoms with Crippen LogP contribution < -0.4 is 5.73 Å². The van der Waals surface area contributed by atoms with Crippen molar-refractivity contribution in [3.63, 3.8) is 0 Å². The summed E-state index contributed by atoms with van der Waals surface area (Å²) in [6.45, 7) is 1.51. The van der Waals surface area contributed by atoms with Gasteiger partial charge in [-0.3, -0.25) is 14.3 Å². The second-order valence-corrected chi connectivity index (χ2v) is 10.5. The van der Waals surface area contributed by atoms with Gasteiger partial charge in [-0.25, -0.2) is 0 Å². The fourth-order valence-electron chi connectivity index (χ4n) is 4.02. The first-order chi connectivity index (χ1) is 13.9. The quantitative estimate of drug-likeness (QED) is 0.450. The second kappa shape index (κ2) is 9.23. The summed E-state index contributed by atoms with van der Waals surface area (Å²) in [6.07, 6.45) is 1.36. The molecular weight excluding hydrogens is 387 g/mol. The lowest BCUT2D eigenvalue weighted by Crippen LogP contribution is -2.53. The Morgan fingerprint density at radius 1 is 1.07 bits per heavy atom. The van der Waals surface area contributed by atoms with E-state index in [1.807, 2.05) is 35.2 Å². The van der Waals surface area contributed by atoms with E-state index in [-0.39, 0.29) is 19.1 Å². The zero-order valence-electron chi connectivity index (χ0n) is 16.5. The number of nitrogens with two attached hydrogens (primary N) is 1. The Labute approximate surface area is 171 Å². The minimum Gasteiger partial charge on any atom is -0.480 e. The van der Waals surface area contributed by atoms with Crippen molar-refractivity contribution in [1.82, 2.24) is 4.90 Å². The number of unbranched alkanes of at least 4 members (excludes halogenated alkanes) is 1. The minimum atomic E-state index is -3.80. The third-order valence-corrected chi connectivity index (χ3v) is 8.48. The summed E-state index contributed by atoms with van der Waals surface area (Å²) in [7, 11) is -3.80. The molecule has 0 amide bonds. The number of aliphatic carboxylic acids is 1. The molecule has 156 valence electrons. The van der Waals surface area contributed by atoms with Gasteiger partial charge in [0, 0.05) is 25.8 Å². The molecule has 3 rings (SSSR count). The Hall–Kier alpha value is -1.98. The van der Waals surface area contributed by atoms with E-state index in [0.29, 0.717) is 32.5 Å². The lowest BCUT2D eigenvalue weighted by Gasteiger charge is -2.43. The summed E-state index contributed by atoms with van der Waals surface area (Å²) < 4.78 is 12.8. The smallest absolute Gasteiger partial charge is 0.320 e. The van der Waals surface area contributed by atoms with Gasteiger partial charge in [-0.15, -0.1) is 0 Å². The summed E-state index contributed by atoms with van der Waals surface area (Å²) in [5, 5.41) is 8.27. The van der Waals surface area contributed by atoms with Crippen LogP contribution in [0.4, 0.5) is 0 Å². The number of rotatable bonds is 8. The van der Waals surface area contributed by atoms with Crippen LogP contribution in [0, 0.1) is 0 Å². The standard InChI is InChI=1S/C22H29N2O4P/c23-13-5-4-12-22(21(25)26)17-24(14-15-29(22,27)28)16-18-8-10-20(11-9-18)19-6-2-1-3-7-19/h1-3,6-11H,4-5,12-17,23H2,(H,25,26)(H,27,28). The molecule has 2 unspecified atom stereocenters. The van der Waals surface area contributed by atoms with Gasteiger partial charge >= 0.3 is 5.97 Å². The molecule has 1 aliphatic rings. The maximum Gasteiger partial charge on any atom is 0.320 e. The number of hydrogen-bond donors (Lipinski definition) is 3. The van der Waals surface area contributed by atoms with Gasteiger partial charge in [0.2, 0.25) is 7.37 Å². The van der Waals surface area contributed by atoms with Crippen LogP contribution in [0.3, 0.4) is 0 Å². The predicted molar refractivity (Wildman–Crippen MR) is 115 cm³/mol. The van der Waals surface area contributed by atoms with Crippen molar-refractivity contribution in [3.05, 3.63) is 60.2 Å². The van der Waals surface area contributed by atoms with Crippen molar-refractivity contribution in [1.29, 1.82) is 0 Å². The van der Waals surface area contributed by atoms with Crippen LogP contribution in [0.15, 0.2) is 54.6 Å². The molecule has 29 heavy (non-hydrogen) atoms. The van der Waals surface area contributed by atoms with Crippen molar-refractivity contribution in [2.45, 2.75) is 31.0 Å². The maximum absolute atomic E-state index is 12.8. The van der Waals surface area contributed by atoms with E-state index in [1.165, 1.54) is 0 Å². The predicted octanol–water partition coefficient (Wildman–Crippen LogP) is 3.39. The molecule has 0 bridgehead atoms. The highest BCUT2D eigenvalue weighted by Gasteiger charge is 2.56. The molecule has 0 radical (unpaired) electrons. The van der Waals surface area contributed by atoms with E-state index < -0.39 is 18.5 Å². The molecular formula is C22H29N2O4P. The van der Waals surface area contributed by atoms with Crippen LogP contribution in [0.25, 0.3) is 11.1 Å². The molecule has 0 spiro atoms. The molecule has 1 heterocycles. The van der Waals surface area contributed by atoms with Crippen LogP contribution >= 0.6 is 7.37 Å². The van der Waals surface area contributed by atoms with Crippen molar-refractivity contribution >= 4 is 13.3 Å². The molecule has 2 aromatic rings. The minimum absolute atomic E-state index is 0.00399. The third kappa shape index (κ3) is 4.78. The number of carbonyl (C=O) groups is 1. The summed E-state index contributed by atoms with van der Waals surface area (Å²) >= 11 is 0. The Morgan fingerprint density at radius 3 is 2.34 bits per heavy atom. The Kier molecular flexibility index (Phi) is 6.91. The van der Waals surface area contributed by atoms with Gasteiger partial charge in [0.15, 0.2) is 5.16 Å². The van der Waals surface area contributed by atoms with Crippen molar-refractivity contribution < 1.29 is 19.4 Å². The topological polar surface area (TPSA) is 104 Å². The SMILES string of the molecule is NCCCCC1(C(=O)O)CN(Cc2ccc(-c3ccccc3)cc2)CCP1(=O)O. The molecule has 0 aliphatic carbocycles. The van der Waals surface area contributed by atoms with E-state index in [1.54, 1.807) is 0 Å². The van der Waals surface area contributed by atoms with Crippen LogP contribution in [0.1, 0.15) is 24.8 Å². The summed E-state index contributed by atoms with van der Waals surface area (Å²) in [5.41, 5.74) is 8.84. The molecule has 6 nitrogen and oxygen atoms in total. The average molecular weight is 416 g/mol. The van der Waals surface area contributed by atoms with E-state index in [9.17, 15) is 19.4 Å². The molecule has 1 fully saturated rings. The lowest BCUT2D eigenvalue weighted by atomic mass is 9.99. The molecule has 7 heteroatoms. The zero-order chi connectivity index (χ0) is 20.9. The molecule has 1 saturated heterocycles. The number of nitrogens with zero attached hydrogens (tertiary/aromatic N) is 1. The van der Waals surface area contributed by atoms with Gasteiger partial charge in [-0.05, 0) is 36.1 Å². The van der Waals surface area contributed by atoms with E-state index in [0.717, 1.165) is 16.7 Å². The highest BCUT2D eigenvalue weighted by Crippen LogP contribution is 2.59. The van der Waals surface area contributed by atoms with Gasteiger partial charge in [0.25, 0.3) is 0 Å². The fraction of sp³-hybridized carbons (Fsp3) is 0.409. The molecule has 4 N–H and O–H groups in total. The second-order valence-electron chi connectivity index (χ2n) is 7.78. The monoisotopic (exact) mass is 416 g/mol. The van der Waals surface area contributed by atoms with Crippen LogP contribution in [-0.2, 0) is 15.9 Å². The van der Waals surface area contributed by atoms with E-state index in [2.05, 4.69) is 24.3 Å². The molecule has 1 aliphatic heterocycles.